The number of carbonyl (C=O) groups excluding carboxylic acids is 2. The van der Waals surface area contributed by atoms with E-state index in [9.17, 15) is 18.0 Å². The molecule has 0 bridgehead atoms. The maximum Gasteiger partial charge on any atom is 0.339 e. The van der Waals surface area contributed by atoms with Crippen LogP contribution in [0.5, 0.6) is 0 Å². The quantitative estimate of drug-likeness (QED) is 0.792. The van der Waals surface area contributed by atoms with Gasteiger partial charge in [0, 0.05) is 6.20 Å². The van der Waals surface area contributed by atoms with Gasteiger partial charge in [0.15, 0.2) is 0 Å². The number of hydrogen-bond donors (Lipinski definition) is 1. The Morgan fingerprint density at radius 1 is 1.29 bits per heavy atom. The molecule has 1 heterocycles. The van der Waals surface area contributed by atoms with Crippen LogP contribution in [0.15, 0.2) is 18.3 Å². The predicted octanol–water partition coefficient (Wildman–Crippen LogP) is 1.34. The van der Waals surface area contributed by atoms with Crippen molar-refractivity contribution >= 4 is 27.8 Å². The first-order valence-electron chi connectivity index (χ1n) is 7.51. The fourth-order valence-electron chi connectivity index (χ4n) is 2.62. The van der Waals surface area contributed by atoms with Crippen LogP contribution in [0, 0.1) is 5.92 Å². The molecule has 0 amide bonds. The van der Waals surface area contributed by atoms with Gasteiger partial charge >= 0.3 is 11.9 Å². The van der Waals surface area contributed by atoms with Gasteiger partial charge in [0.1, 0.15) is 11.9 Å². The van der Waals surface area contributed by atoms with Crippen molar-refractivity contribution in [2.24, 2.45) is 5.92 Å². The number of hydrogen-bond acceptors (Lipinski definition) is 7. The van der Waals surface area contributed by atoms with Crippen molar-refractivity contribution in [2.75, 3.05) is 18.1 Å². The molecule has 8 nitrogen and oxygen atoms in total. The number of pyridine rings is 1. The minimum absolute atomic E-state index is 0.123. The molecule has 2 atom stereocenters. The number of aromatic nitrogens is 1. The van der Waals surface area contributed by atoms with Crippen molar-refractivity contribution in [3.63, 3.8) is 0 Å². The second-order valence-corrected chi connectivity index (χ2v) is 7.47. The Morgan fingerprint density at radius 2 is 2.04 bits per heavy atom. The summed E-state index contributed by atoms with van der Waals surface area (Å²) in [5, 5.41) is 0. The highest BCUT2D eigenvalue weighted by Gasteiger charge is 2.30. The number of nitrogens with zero attached hydrogens (tertiary/aromatic N) is 1. The molecule has 1 aromatic heterocycles. The molecule has 1 aliphatic rings. The van der Waals surface area contributed by atoms with Gasteiger partial charge < -0.3 is 9.47 Å². The van der Waals surface area contributed by atoms with Crippen molar-refractivity contribution in [2.45, 2.75) is 31.8 Å². The number of ether oxygens (including phenoxy) is 2. The molecular formula is C15H20N2O6S. The standard InChI is InChI=1S/C15H20N2O6S/c1-22-14(18)10-4-3-5-12(8-10)23-15(19)11-6-7-13(16-9-11)17-24(2,20)21/h6-7,9-10,12H,3-5,8H2,1-2H3,(H,16,17). The van der Waals surface area contributed by atoms with Crippen LogP contribution in [-0.4, -0.2) is 44.8 Å². The average Bonchev–Trinajstić information content (AvgIpc) is 2.53. The number of nitrogens with one attached hydrogen (secondary N) is 1. The Hall–Kier alpha value is -2.16. The van der Waals surface area contributed by atoms with E-state index in [4.69, 9.17) is 9.47 Å². The third kappa shape index (κ3) is 5.19. The Labute approximate surface area is 140 Å². The minimum atomic E-state index is -3.42. The molecule has 1 N–H and O–H groups in total. The van der Waals surface area contributed by atoms with E-state index in [1.807, 2.05) is 0 Å². The summed E-state index contributed by atoms with van der Waals surface area (Å²) in [6.07, 6.45) is 4.57. The maximum atomic E-state index is 12.1. The third-order valence-electron chi connectivity index (χ3n) is 3.72. The Bertz CT molecular complexity index is 701. The fraction of sp³-hybridized carbons (Fsp3) is 0.533. The molecule has 2 unspecified atom stereocenters. The summed E-state index contributed by atoms with van der Waals surface area (Å²) in [6, 6.07) is 2.82. The highest BCUT2D eigenvalue weighted by Crippen LogP contribution is 2.27. The normalized spacial score (nSPS) is 20.9. The number of anilines is 1. The van der Waals surface area contributed by atoms with E-state index >= 15 is 0 Å². The maximum absolute atomic E-state index is 12.1. The highest BCUT2D eigenvalue weighted by molar-refractivity contribution is 7.92. The fourth-order valence-corrected chi connectivity index (χ4v) is 3.12. The topological polar surface area (TPSA) is 112 Å². The van der Waals surface area contributed by atoms with Gasteiger partial charge in [-0.3, -0.25) is 9.52 Å². The van der Waals surface area contributed by atoms with E-state index < -0.39 is 16.0 Å². The van der Waals surface area contributed by atoms with Crippen LogP contribution in [0.25, 0.3) is 0 Å². The zero-order valence-corrected chi connectivity index (χ0v) is 14.3. The molecule has 1 fully saturated rings. The summed E-state index contributed by atoms with van der Waals surface area (Å²) in [7, 11) is -2.08. The van der Waals surface area contributed by atoms with E-state index in [0.29, 0.717) is 12.8 Å². The third-order valence-corrected chi connectivity index (χ3v) is 4.30. The summed E-state index contributed by atoms with van der Waals surface area (Å²) in [5.41, 5.74) is 0.217. The van der Waals surface area contributed by atoms with Crippen LogP contribution in [0.4, 0.5) is 5.82 Å². The zero-order chi connectivity index (χ0) is 17.7. The van der Waals surface area contributed by atoms with Crippen molar-refractivity contribution in [3.05, 3.63) is 23.9 Å². The van der Waals surface area contributed by atoms with Crippen LogP contribution < -0.4 is 4.72 Å². The molecule has 0 radical (unpaired) electrons. The van der Waals surface area contributed by atoms with Gasteiger partial charge in [-0.15, -0.1) is 0 Å². The summed E-state index contributed by atoms with van der Waals surface area (Å²) in [4.78, 5) is 27.6. The average molecular weight is 356 g/mol. The lowest BCUT2D eigenvalue weighted by atomic mass is 9.87. The summed E-state index contributed by atoms with van der Waals surface area (Å²) < 4.78 is 34.6. The second-order valence-electron chi connectivity index (χ2n) is 5.72. The van der Waals surface area contributed by atoms with Gasteiger partial charge in [0.05, 0.1) is 24.8 Å². The molecule has 1 aromatic rings. The lowest BCUT2D eigenvalue weighted by Crippen LogP contribution is -2.30. The van der Waals surface area contributed by atoms with Gasteiger partial charge in [-0.25, -0.2) is 18.2 Å². The monoisotopic (exact) mass is 356 g/mol. The number of carbonyl (C=O) groups is 2. The van der Waals surface area contributed by atoms with Gasteiger partial charge in [0.25, 0.3) is 0 Å². The Kier molecular flexibility index (Phi) is 5.76. The first-order chi connectivity index (χ1) is 11.3. The molecular weight excluding hydrogens is 336 g/mol. The van der Waals surface area contributed by atoms with E-state index in [0.717, 1.165) is 19.1 Å². The van der Waals surface area contributed by atoms with Gasteiger partial charge in [-0.2, -0.15) is 0 Å². The molecule has 1 aliphatic carbocycles. The minimum Gasteiger partial charge on any atom is -0.469 e. The molecule has 9 heteroatoms. The van der Waals surface area contributed by atoms with Crippen LogP contribution in [-0.2, 0) is 24.3 Å². The first kappa shape index (κ1) is 18.2. The predicted molar refractivity (Wildman–Crippen MR) is 85.9 cm³/mol. The van der Waals surface area contributed by atoms with Crippen LogP contribution in [0.2, 0.25) is 0 Å². The van der Waals surface area contributed by atoms with Crippen LogP contribution in [0.1, 0.15) is 36.0 Å². The first-order valence-corrected chi connectivity index (χ1v) is 9.40. The highest BCUT2D eigenvalue weighted by atomic mass is 32.2. The summed E-state index contributed by atoms with van der Waals surface area (Å²) >= 11 is 0. The molecule has 0 aromatic carbocycles. The summed E-state index contributed by atoms with van der Waals surface area (Å²) in [5.74, 6) is -0.962. The molecule has 0 spiro atoms. The van der Waals surface area contributed by atoms with Gasteiger partial charge in [0.2, 0.25) is 10.0 Å². The molecule has 24 heavy (non-hydrogen) atoms. The lowest BCUT2D eigenvalue weighted by molar-refractivity contribution is -0.148. The molecule has 0 aliphatic heterocycles. The smallest absolute Gasteiger partial charge is 0.339 e. The molecule has 1 saturated carbocycles. The number of methoxy groups -OCH3 is 1. The van der Waals surface area contributed by atoms with Crippen molar-refractivity contribution in [3.8, 4) is 0 Å². The van der Waals surface area contributed by atoms with Crippen LogP contribution >= 0.6 is 0 Å². The van der Waals surface area contributed by atoms with E-state index in [2.05, 4.69) is 9.71 Å². The van der Waals surface area contributed by atoms with Crippen molar-refractivity contribution < 1.29 is 27.5 Å². The number of rotatable bonds is 5. The Morgan fingerprint density at radius 3 is 2.62 bits per heavy atom. The zero-order valence-electron chi connectivity index (χ0n) is 13.5. The molecule has 132 valence electrons. The molecule has 0 saturated heterocycles. The lowest BCUT2D eigenvalue weighted by Gasteiger charge is -2.27. The van der Waals surface area contributed by atoms with E-state index in [1.165, 1.54) is 25.4 Å². The number of esters is 2. The van der Waals surface area contributed by atoms with Crippen molar-refractivity contribution in [1.29, 1.82) is 0 Å². The number of sulfonamides is 1. The van der Waals surface area contributed by atoms with Crippen LogP contribution in [0.3, 0.4) is 0 Å². The van der Waals surface area contributed by atoms with Gasteiger partial charge in [-0.1, -0.05) is 0 Å². The Balaban J connectivity index is 1.95. The SMILES string of the molecule is COC(=O)C1CCCC(OC(=O)c2ccc(NS(C)(=O)=O)nc2)C1. The van der Waals surface area contributed by atoms with Crippen molar-refractivity contribution in [1.82, 2.24) is 4.98 Å². The second kappa shape index (κ2) is 7.61. The largest absolute Gasteiger partial charge is 0.469 e. The summed E-state index contributed by atoms with van der Waals surface area (Å²) in [6.45, 7) is 0. The van der Waals surface area contributed by atoms with E-state index in [1.54, 1.807) is 0 Å². The molecule has 2 rings (SSSR count). The van der Waals surface area contributed by atoms with E-state index in [-0.39, 0.29) is 29.4 Å². The van der Waals surface area contributed by atoms with Gasteiger partial charge in [-0.05, 0) is 37.8 Å².